The summed E-state index contributed by atoms with van der Waals surface area (Å²) in [6, 6.07) is 32.5. The van der Waals surface area contributed by atoms with Gasteiger partial charge in [-0.1, -0.05) is 66.7 Å². The van der Waals surface area contributed by atoms with Gasteiger partial charge in [-0.25, -0.2) is 0 Å². The predicted molar refractivity (Wildman–Crippen MR) is 128 cm³/mol. The smallest absolute Gasteiger partial charge is 0.279 e. The van der Waals surface area contributed by atoms with Crippen molar-refractivity contribution in [2.24, 2.45) is 0 Å². The Balaban J connectivity index is 1.56. The van der Waals surface area contributed by atoms with E-state index < -0.39 is 5.91 Å². The Morgan fingerprint density at radius 3 is 2.09 bits per heavy atom. The summed E-state index contributed by atoms with van der Waals surface area (Å²) in [7, 11) is 0. The van der Waals surface area contributed by atoms with Gasteiger partial charge in [-0.2, -0.15) is 9.78 Å². The summed E-state index contributed by atoms with van der Waals surface area (Å²) in [5, 5.41) is 8.22. The number of aromatic nitrogens is 2. The van der Waals surface area contributed by atoms with Crippen LogP contribution in [0.3, 0.4) is 0 Å². The van der Waals surface area contributed by atoms with Crippen molar-refractivity contribution < 1.29 is 9.53 Å². The molecule has 160 valence electrons. The lowest BCUT2D eigenvalue weighted by Crippen LogP contribution is -2.26. The van der Waals surface area contributed by atoms with Gasteiger partial charge in [-0.05, 0) is 42.5 Å². The molecule has 5 rings (SSSR count). The zero-order valence-electron chi connectivity index (χ0n) is 17.5. The number of hydrogen-bond donors (Lipinski definition) is 1. The first kappa shape index (κ1) is 20.2. The molecular weight excluding hydrogens is 414 g/mol. The van der Waals surface area contributed by atoms with Crippen LogP contribution in [-0.4, -0.2) is 15.7 Å². The fourth-order valence-electron chi connectivity index (χ4n) is 3.56. The van der Waals surface area contributed by atoms with Crippen LogP contribution in [0, 0.1) is 0 Å². The first-order valence-corrected chi connectivity index (χ1v) is 10.4. The van der Waals surface area contributed by atoms with Crippen LogP contribution >= 0.6 is 0 Å². The number of rotatable bonds is 5. The van der Waals surface area contributed by atoms with Crippen LogP contribution in [-0.2, 0) is 0 Å². The minimum absolute atomic E-state index is 0.142. The second-order valence-corrected chi connectivity index (χ2v) is 7.31. The molecule has 4 aromatic carbocycles. The lowest BCUT2D eigenvalue weighted by molar-refractivity contribution is 0.102. The number of carbonyl (C=O) groups is 1. The van der Waals surface area contributed by atoms with Gasteiger partial charge in [0.1, 0.15) is 5.75 Å². The molecule has 0 atom stereocenters. The molecule has 0 radical (unpaired) electrons. The highest BCUT2D eigenvalue weighted by Crippen LogP contribution is 2.29. The molecule has 1 N–H and O–H groups in total. The fourth-order valence-corrected chi connectivity index (χ4v) is 3.56. The number of benzene rings is 4. The maximum Gasteiger partial charge on any atom is 0.279 e. The SMILES string of the molecule is O=C(Nc1ccccc1Oc1ccccc1)c1nn(-c2ccccc2)c(=O)c2ccccc12. The minimum atomic E-state index is -0.444. The Morgan fingerprint density at radius 2 is 1.33 bits per heavy atom. The van der Waals surface area contributed by atoms with Gasteiger partial charge in [0.25, 0.3) is 11.5 Å². The highest BCUT2D eigenvalue weighted by atomic mass is 16.5. The van der Waals surface area contributed by atoms with E-state index in [2.05, 4.69) is 10.4 Å². The molecule has 0 fully saturated rings. The Labute approximate surface area is 189 Å². The first-order chi connectivity index (χ1) is 16.2. The highest BCUT2D eigenvalue weighted by Gasteiger charge is 2.19. The molecule has 0 unspecified atom stereocenters. The van der Waals surface area contributed by atoms with E-state index >= 15 is 0 Å². The summed E-state index contributed by atoms with van der Waals surface area (Å²) >= 11 is 0. The average Bonchev–Trinajstić information content (AvgIpc) is 2.87. The molecule has 0 bridgehead atoms. The van der Waals surface area contributed by atoms with Crippen molar-refractivity contribution in [2.75, 3.05) is 5.32 Å². The average molecular weight is 433 g/mol. The van der Waals surface area contributed by atoms with Gasteiger partial charge in [0, 0.05) is 5.39 Å². The van der Waals surface area contributed by atoms with E-state index in [-0.39, 0.29) is 11.3 Å². The Hall–Kier alpha value is -4.71. The van der Waals surface area contributed by atoms with Gasteiger partial charge in [-0.3, -0.25) is 9.59 Å². The van der Waals surface area contributed by atoms with Gasteiger partial charge in [0.05, 0.1) is 16.8 Å². The molecule has 0 saturated carbocycles. The molecule has 0 saturated heterocycles. The van der Waals surface area contributed by atoms with Crippen molar-refractivity contribution in [3.63, 3.8) is 0 Å². The number of carbonyl (C=O) groups excluding carboxylic acids is 1. The molecule has 0 aliphatic carbocycles. The maximum absolute atomic E-state index is 13.4. The van der Waals surface area contributed by atoms with E-state index in [1.807, 2.05) is 60.7 Å². The Bertz CT molecular complexity index is 1500. The zero-order valence-corrected chi connectivity index (χ0v) is 17.5. The summed E-state index contributed by atoms with van der Waals surface area (Å²) in [5.41, 5.74) is 0.925. The number of para-hydroxylation sites is 4. The van der Waals surface area contributed by atoms with Crippen LogP contribution in [0.4, 0.5) is 5.69 Å². The van der Waals surface area contributed by atoms with E-state index in [1.54, 1.807) is 48.5 Å². The van der Waals surface area contributed by atoms with Gasteiger partial charge >= 0.3 is 0 Å². The summed E-state index contributed by atoms with van der Waals surface area (Å²) in [4.78, 5) is 26.5. The summed E-state index contributed by atoms with van der Waals surface area (Å²) in [6.45, 7) is 0. The van der Waals surface area contributed by atoms with E-state index in [0.29, 0.717) is 33.6 Å². The first-order valence-electron chi connectivity index (χ1n) is 10.4. The third kappa shape index (κ3) is 4.09. The van der Waals surface area contributed by atoms with E-state index in [9.17, 15) is 9.59 Å². The van der Waals surface area contributed by atoms with Crippen molar-refractivity contribution in [1.82, 2.24) is 9.78 Å². The molecule has 1 aromatic heterocycles. The fraction of sp³-hybridized carbons (Fsp3) is 0. The van der Waals surface area contributed by atoms with Crippen molar-refractivity contribution >= 4 is 22.4 Å². The number of anilines is 1. The van der Waals surface area contributed by atoms with Gasteiger partial charge < -0.3 is 10.1 Å². The standard InChI is InChI=1S/C27H19N3O3/c31-26(28-23-17-9-10-18-24(23)33-20-13-5-2-6-14-20)25-21-15-7-8-16-22(21)27(32)30(29-25)19-11-3-1-4-12-19/h1-18H,(H,28,31). The maximum atomic E-state index is 13.4. The van der Waals surface area contributed by atoms with Gasteiger partial charge in [-0.15, -0.1) is 0 Å². The molecule has 0 aliphatic heterocycles. The quantitative estimate of drug-likeness (QED) is 0.401. The molecule has 6 heteroatoms. The van der Waals surface area contributed by atoms with Crippen LogP contribution in [0.2, 0.25) is 0 Å². The van der Waals surface area contributed by atoms with Crippen molar-refractivity contribution in [2.45, 2.75) is 0 Å². The number of hydrogen-bond acceptors (Lipinski definition) is 4. The largest absolute Gasteiger partial charge is 0.455 e. The second kappa shape index (κ2) is 8.80. The molecule has 33 heavy (non-hydrogen) atoms. The van der Waals surface area contributed by atoms with Crippen molar-refractivity contribution in [1.29, 1.82) is 0 Å². The summed E-state index contributed by atoms with van der Waals surface area (Å²) < 4.78 is 7.21. The van der Waals surface area contributed by atoms with Crippen molar-refractivity contribution in [3.05, 3.63) is 125 Å². The van der Waals surface area contributed by atoms with Crippen LogP contribution in [0.25, 0.3) is 16.5 Å². The second-order valence-electron chi connectivity index (χ2n) is 7.31. The lowest BCUT2D eigenvalue weighted by Gasteiger charge is -2.14. The molecule has 0 aliphatic rings. The third-order valence-corrected chi connectivity index (χ3v) is 5.13. The molecular formula is C27H19N3O3. The van der Waals surface area contributed by atoms with Gasteiger partial charge in [0.15, 0.2) is 11.4 Å². The monoisotopic (exact) mass is 433 g/mol. The van der Waals surface area contributed by atoms with E-state index in [0.717, 1.165) is 0 Å². The molecule has 5 aromatic rings. The highest BCUT2D eigenvalue weighted by molar-refractivity contribution is 6.11. The number of fused-ring (bicyclic) bond motifs is 1. The van der Waals surface area contributed by atoms with Gasteiger partial charge in [0.2, 0.25) is 0 Å². The molecule has 1 heterocycles. The zero-order chi connectivity index (χ0) is 22.6. The topological polar surface area (TPSA) is 73.2 Å². The summed E-state index contributed by atoms with van der Waals surface area (Å²) in [6.07, 6.45) is 0. The Kier molecular flexibility index (Phi) is 5.39. The van der Waals surface area contributed by atoms with E-state index in [1.165, 1.54) is 4.68 Å². The van der Waals surface area contributed by atoms with Crippen LogP contribution in [0.5, 0.6) is 11.5 Å². The Morgan fingerprint density at radius 1 is 0.727 bits per heavy atom. The van der Waals surface area contributed by atoms with E-state index in [4.69, 9.17) is 4.74 Å². The number of nitrogens with one attached hydrogen (secondary N) is 1. The molecule has 1 amide bonds. The summed E-state index contributed by atoms with van der Waals surface area (Å²) in [5.74, 6) is 0.707. The lowest BCUT2D eigenvalue weighted by atomic mass is 10.1. The predicted octanol–water partition coefficient (Wildman–Crippen LogP) is 5.43. The molecule has 0 spiro atoms. The minimum Gasteiger partial charge on any atom is -0.455 e. The normalized spacial score (nSPS) is 10.7. The van der Waals surface area contributed by atoms with Crippen LogP contribution in [0.1, 0.15) is 10.5 Å². The van der Waals surface area contributed by atoms with Crippen LogP contribution < -0.4 is 15.6 Å². The third-order valence-electron chi connectivity index (χ3n) is 5.13. The van der Waals surface area contributed by atoms with Crippen molar-refractivity contribution in [3.8, 4) is 17.2 Å². The number of nitrogens with zero attached hydrogens (tertiary/aromatic N) is 2. The van der Waals surface area contributed by atoms with Crippen LogP contribution in [0.15, 0.2) is 114 Å². The number of ether oxygens (including phenoxy) is 1. The number of amides is 1. The molecule has 6 nitrogen and oxygen atoms in total.